The quantitative estimate of drug-likeness (QED) is 0.726. The van der Waals surface area contributed by atoms with E-state index in [9.17, 15) is 4.79 Å². The fourth-order valence-corrected chi connectivity index (χ4v) is 2.07. The maximum Gasteiger partial charge on any atom is 0.303 e. The molecule has 1 aliphatic rings. The molecule has 0 heterocycles. The maximum absolute atomic E-state index is 11.1. The van der Waals surface area contributed by atoms with Gasteiger partial charge in [0.25, 0.3) is 0 Å². The van der Waals surface area contributed by atoms with Crippen molar-refractivity contribution in [2.24, 2.45) is 0 Å². The van der Waals surface area contributed by atoms with E-state index in [1.54, 1.807) is 0 Å². The minimum atomic E-state index is -0.242. The fourth-order valence-electron chi connectivity index (χ4n) is 2.07. The smallest absolute Gasteiger partial charge is 0.303 e. The highest BCUT2D eigenvalue weighted by Gasteiger charge is 2.23. The molecule has 0 saturated heterocycles. The van der Waals surface area contributed by atoms with Gasteiger partial charge in [-0.3, -0.25) is 4.79 Å². The van der Waals surface area contributed by atoms with Crippen LogP contribution in [0.4, 0.5) is 0 Å². The Morgan fingerprint density at radius 1 is 1.24 bits per heavy atom. The van der Waals surface area contributed by atoms with Gasteiger partial charge in [0, 0.05) is 12.8 Å². The van der Waals surface area contributed by atoms with E-state index in [1.165, 1.54) is 18.1 Å². The molecule has 0 radical (unpaired) electrons. The molecular formula is C15H16O2. The minimum absolute atomic E-state index is 0.116. The van der Waals surface area contributed by atoms with Crippen molar-refractivity contribution in [1.82, 2.24) is 0 Å². The van der Waals surface area contributed by atoms with Crippen LogP contribution in [0, 0.1) is 0 Å². The van der Waals surface area contributed by atoms with E-state index in [1.807, 2.05) is 30.4 Å². The van der Waals surface area contributed by atoms with E-state index in [-0.39, 0.29) is 18.0 Å². The van der Waals surface area contributed by atoms with Crippen LogP contribution in [0.3, 0.4) is 0 Å². The van der Waals surface area contributed by atoms with Crippen molar-refractivity contribution in [1.29, 1.82) is 0 Å². The van der Waals surface area contributed by atoms with E-state index in [2.05, 4.69) is 25.1 Å². The molecule has 17 heavy (non-hydrogen) atoms. The zero-order valence-corrected chi connectivity index (χ0v) is 10.1. The lowest BCUT2D eigenvalue weighted by Crippen LogP contribution is -2.23. The van der Waals surface area contributed by atoms with Crippen LogP contribution in [0.1, 0.15) is 25.3 Å². The summed E-state index contributed by atoms with van der Waals surface area (Å²) in [6.45, 7) is 3.50. The Morgan fingerprint density at radius 3 is 2.59 bits per heavy atom. The van der Waals surface area contributed by atoms with Crippen LogP contribution in [0.5, 0.6) is 0 Å². The van der Waals surface area contributed by atoms with Crippen molar-refractivity contribution in [3.63, 3.8) is 0 Å². The van der Waals surface area contributed by atoms with Gasteiger partial charge in [0.05, 0.1) is 0 Å². The molecule has 2 atom stereocenters. The van der Waals surface area contributed by atoms with Crippen LogP contribution >= 0.6 is 0 Å². The molecule has 0 saturated carbocycles. The molecule has 0 aromatic heterocycles. The Labute approximate surface area is 102 Å². The Hall–Kier alpha value is -1.83. The molecule has 0 aliphatic heterocycles. The first kappa shape index (κ1) is 11.6. The van der Waals surface area contributed by atoms with Gasteiger partial charge >= 0.3 is 5.97 Å². The molecule has 0 N–H and O–H groups in total. The fraction of sp³-hybridized carbons (Fsp3) is 0.267. The molecule has 0 amide bonds. The monoisotopic (exact) mass is 228 g/mol. The number of benzene rings is 1. The Bertz CT molecular complexity index is 457. The molecule has 2 heteroatoms. The molecule has 88 valence electrons. The third-order valence-corrected chi connectivity index (χ3v) is 2.83. The second kappa shape index (κ2) is 5.00. The zero-order chi connectivity index (χ0) is 12.3. The van der Waals surface area contributed by atoms with Gasteiger partial charge in [-0.2, -0.15) is 0 Å². The van der Waals surface area contributed by atoms with Crippen molar-refractivity contribution < 1.29 is 9.53 Å². The number of carbonyl (C=O) groups is 1. The van der Waals surface area contributed by atoms with E-state index < -0.39 is 0 Å². The van der Waals surface area contributed by atoms with Crippen LogP contribution < -0.4 is 0 Å². The van der Waals surface area contributed by atoms with Crippen molar-refractivity contribution in [3.05, 3.63) is 59.7 Å². The molecule has 1 aliphatic carbocycles. The lowest BCUT2D eigenvalue weighted by atomic mass is 9.88. The molecule has 0 bridgehead atoms. The largest absolute Gasteiger partial charge is 0.457 e. The summed E-state index contributed by atoms with van der Waals surface area (Å²) >= 11 is 0. The van der Waals surface area contributed by atoms with Crippen LogP contribution in [0.2, 0.25) is 0 Å². The van der Waals surface area contributed by atoms with Crippen molar-refractivity contribution in [2.75, 3.05) is 0 Å². The molecule has 0 spiro atoms. The maximum atomic E-state index is 11.1. The summed E-state index contributed by atoms with van der Waals surface area (Å²) in [5, 5.41) is 0. The molecule has 1 aromatic rings. The lowest BCUT2D eigenvalue weighted by molar-refractivity contribution is -0.144. The molecular weight excluding hydrogens is 212 g/mol. The summed E-state index contributed by atoms with van der Waals surface area (Å²) in [5.74, 6) is -0.126. The number of carbonyl (C=O) groups excluding carboxylic acids is 1. The summed E-state index contributed by atoms with van der Waals surface area (Å²) in [5.41, 5.74) is 2.37. The average Bonchev–Trinajstić information content (AvgIpc) is 2.32. The highest BCUT2D eigenvalue weighted by molar-refractivity contribution is 5.66. The highest BCUT2D eigenvalue weighted by atomic mass is 16.5. The van der Waals surface area contributed by atoms with Crippen LogP contribution in [-0.2, 0) is 9.53 Å². The number of hydrogen-bond acceptors (Lipinski definition) is 2. The standard InChI is InChI=1S/C15H16O2/c1-11-8-9-15(17-12(2)16)14(10-11)13-6-4-3-5-7-13/h3-10,14-15H,1-2H3/t14-,15?/m0/s1. The highest BCUT2D eigenvalue weighted by Crippen LogP contribution is 2.29. The van der Waals surface area contributed by atoms with Crippen molar-refractivity contribution in [3.8, 4) is 0 Å². The van der Waals surface area contributed by atoms with Gasteiger partial charge < -0.3 is 4.74 Å². The molecule has 2 rings (SSSR count). The predicted molar refractivity (Wildman–Crippen MR) is 67.6 cm³/mol. The first-order chi connectivity index (χ1) is 8.16. The van der Waals surface area contributed by atoms with E-state index in [4.69, 9.17) is 4.74 Å². The number of allylic oxidation sites excluding steroid dienone is 2. The van der Waals surface area contributed by atoms with Gasteiger partial charge in [-0.25, -0.2) is 0 Å². The normalized spacial score (nSPS) is 23.1. The number of rotatable bonds is 2. The van der Waals surface area contributed by atoms with Gasteiger partial charge in [0.1, 0.15) is 6.10 Å². The SMILES string of the molecule is CC(=O)OC1C=CC(C)=C[C@H]1c1ccccc1. The predicted octanol–water partition coefficient (Wildman–Crippen LogP) is 3.22. The molecule has 1 aromatic carbocycles. The summed E-state index contributed by atoms with van der Waals surface area (Å²) in [6.07, 6.45) is 5.89. The topological polar surface area (TPSA) is 26.3 Å². The van der Waals surface area contributed by atoms with Crippen LogP contribution in [-0.4, -0.2) is 12.1 Å². The third kappa shape index (κ3) is 2.84. The van der Waals surface area contributed by atoms with E-state index in [0.717, 1.165) is 0 Å². The van der Waals surface area contributed by atoms with Gasteiger partial charge in [0.15, 0.2) is 0 Å². The molecule has 0 fully saturated rings. The second-order valence-corrected chi connectivity index (χ2v) is 4.28. The zero-order valence-electron chi connectivity index (χ0n) is 10.1. The second-order valence-electron chi connectivity index (χ2n) is 4.28. The summed E-state index contributed by atoms with van der Waals surface area (Å²) in [4.78, 5) is 11.1. The Morgan fingerprint density at radius 2 is 1.94 bits per heavy atom. The van der Waals surface area contributed by atoms with Gasteiger partial charge in [-0.1, -0.05) is 48.1 Å². The molecule has 1 unspecified atom stereocenters. The third-order valence-electron chi connectivity index (χ3n) is 2.83. The first-order valence-electron chi connectivity index (χ1n) is 5.75. The van der Waals surface area contributed by atoms with Crippen molar-refractivity contribution in [2.45, 2.75) is 25.9 Å². The number of ether oxygens (including phenoxy) is 1. The van der Waals surface area contributed by atoms with Crippen molar-refractivity contribution >= 4 is 5.97 Å². The summed E-state index contributed by atoms with van der Waals surface area (Å²) in [7, 11) is 0. The Balaban J connectivity index is 2.28. The number of hydrogen-bond donors (Lipinski definition) is 0. The minimum Gasteiger partial charge on any atom is -0.457 e. The van der Waals surface area contributed by atoms with Crippen LogP contribution in [0.15, 0.2) is 54.1 Å². The average molecular weight is 228 g/mol. The van der Waals surface area contributed by atoms with Gasteiger partial charge in [-0.15, -0.1) is 0 Å². The van der Waals surface area contributed by atoms with E-state index in [0.29, 0.717) is 0 Å². The molecule has 2 nitrogen and oxygen atoms in total. The van der Waals surface area contributed by atoms with Gasteiger partial charge in [0.2, 0.25) is 0 Å². The summed E-state index contributed by atoms with van der Waals surface area (Å²) < 4.78 is 5.34. The Kier molecular flexibility index (Phi) is 3.43. The van der Waals surface area contributed by atoms with Crippen LogP contribution in [0.25, 0.3) is 0 Å². The van der Waals surface area contributed by atoms with Gasteiger partial charge in [-0.05, 0) is 18.6 Å². The first-order valence-corrected chi connectivity index (χ1v) is 5.75. The number of esters is 1. The van der Waals surface area contributed by atoms with E-state index >= 15 is 0 Å². The summed E-state index contributed by atoms with van der Waals surface area (Å²) in [6, 6.07) is 10.1. The lowest BCUT2D eigenvalue weighted by Gasteiger charge is -2.25.